The van der Waals surface area contributed by atoms with E-state index in [-0.39, 0.29) is 17.9 Å². The second-order valence-electron chi connectivity index (χ2n) is 3.72. The minimum absolute atomic E-state index is 0.00240. The van der Waals surface area contributed by atoms with Gasteiger partial charge in [-0.25, -0.2) is 0 Å². The van der Waals surface area contributed by atoms with E-state index in [1.165, 1.54) is 4.88 Å². The Morgan fingerprint density at radius 2 is 2.33 bits per heavy atom. The smallest absolute Gasteiger partial charge is 0.223 e. The fraction of sp³-hybridized carbons (Fsp3) is 0.545. The van der Waals surface area contributed by atoms with Crippen LogP contribution >= 0.6 is 11.3 Å². The van der Waals surface area contributed by atoms with E-state index in [0.29, 0.717) is 6.54 Å². The quantitative estimate of drug-likeness (QED) is 0.806. The minimum Gasteiger partial charge on any atom is -0.349 e. The molecule has 3 nitrogen and oxygen atoms in total. The molecule has 4 heteroatoms. The molecule has 0 saturated carbocycles. The Labute approximate surface area is 94.7 Å². The lowest BCUT2D eigenvalue weighted by Gasteiger charge is -2.15. The second-order valence-corrected chi connectivity index (χ2v) is 4.70. The number of thiophene rings is 1. The average Bonchev–Trinajstić information content (AvgIpc) is 2.70. The summed E-state index contributed by atoms with van der Waals surface area (Å²) in [4.78, 5) is 12.9. The zero-order valence-electron chi connectivity index (χ0n) is 9.19. The van der Waals surface area contributed by atoms with E-state index in [9.17, 15) is 4.79 Å². The molecular formula is C11H18N2OS. The first kappa shape index (κ1) is 12.2. The van der Waals surface area contributed by atoms with Crippen molar-refractivity contribution in [1.29, 1.82) is 0 Å². The number of rotatable bonds is 5. The van der Waals surface area contributed by atoms with Gasteiger partial charge in [0.15, 0.2) is 0 Å². The molecule has 0 aliphatic heterocycles. The van der Waals surface area contributed by atoms with Crippen LogP contribution in [0.1, 0.15) is 31.2 Å². The molecule has 1 unspecified atom stereocenters. The molecule has 0 fully saturated rings. The Bertz CT molecular complexity index is 298. The Kier molecular flexibility index (Phi) is 4.78. The minimum atomic E-state index is -0.00240. The highest BCUT2D eigenvalue weighted by atomic mass is 32.1. The third-order valence-electron chi connectivity index (χ3n) is 2.38. The summed E-state index contributed by atoms with van der Waals surface area (Å²) >= 11 is 1.66. The van der Waals surface area contributed by atoms with Gasteiger partial charge in [0.2, 0.25) is 5.91 Å². The van der Waals surface area contributed by atoms with Crippen molar-refractivity contribution in [1.82, 2.24) is 5.32 Å². The van der Waals surface area contributed by atoms with E-state index in [2.05, 4.69) is 5.32 Å². The molecule has 0 radical (unpaired) electrons. The number of nitrogens with two attached hydrogens (primary N) is 1. The summed E-state index contributed by atoms with van der Waals surface area (Å²) < 4.78 is 0. The first-order chi connectivity index (χ1) is 7.15. The third kappa shape index (κ3) is 3.64. The van der Waals surface area contributed by atoms with Crippen LogP contribution in [0.3, 0.4) is 0 Å². The molecule has 1 amide bonds. The molecule has 15 heavy (non-hydrogen) atoms. The number of hydrogen-bond acceptors (Lipinski definition) is 3. The van der Waals surface area contributed by atoms with Gasteiger partial charge in [-0.05, 0) is 31.3 Å². The van der Waals surface area contributed by atoms with Crippen molar-refractivity contribution in [2.75, 3.05) is 6.54 Å². The van der Waals surface area contributed by atoms with Gasteiger partial charge >= 0.3 is 0 Å². The van der Waals surface area contributed by atoms with Crippen LogP contribution in [0.15, 0.2) is 17.5 Å². The van der Waals surface area contributed by atoms with Gasteiger partial charge in [-0.1, -0.05) is 13.0 Å². The van der Waals surface area contributed by atoms with Crippen molar-refractivity contribution >= 4 is 17.2 Å². The van der Waals surface area contributed by atoms with Crippen LogP contribution in [-0.4, -0.2) is 12.5 Å². The van der Waals surface area contributed by atoms with Crippen molar-refractivity contribution in [2.24, 2.45) is 11.7 Å². The Hall–Kier alpha value is -0.870. The third-order valence-corrected chi connectivity index (χ3v) is 3.43. The van der Waals surface area contributed by atoms with Crippen LogP contribution in [0.25, 0.3) is 0 Å². The number of hydrogen-bond donors (Lipinski definition) is 2. The molecule has 1 aromatic heterocycles. The van der Waals surface area contributed by atoms with Crippen molar-refractivity contribution in [2.45, 2.75) is 26.3 Å². The van der Waals surface area contributed by atoms with Crippen LogP contribution in [0.4, 0.5) is 0 Å². The fourth-order valence-corrected chi connectivity index (χ4v) is 2.08. The van der Waals surface area contributed by atoms with Gasteiger partial charge < -0.3 is 11.1 Å². The van der Waals surface area contributed by atoms with Crippen LogP contribution in [0.2, 0.25) is 0 Å². The monoisotopic (exact) mass is 226 g/mol. The topological polar surface area (TPSA) is 55.1 Å². The lowest BCUT2D eigenvalue weighted by Crippen LogP contribution is -2.32. The molecule has 1 heterocycles. The van der Waals surface area contributed by atoms with Gasteiger partial charge in [0, 0.05) is 10.8 Å². The van der Waals surface area contributed by atoms with Crippen molar-refractivity contribution in [3.63, 3.8) is 0 Å². The van der Waals surface area contributed by atoms with Gasteiger partial charge in [0.25, 0.3) is 0 Å². The number of carbonyl (C=O) groups excluding carboxylic acids is 1. The molecule has 0 aliphatic rings. The highest BCUT2D eigenvalue weighted by molar-refractivity contribution is 7.10. The van der Waals surface area contributed by atoms with Gasteiger partial charge in [0.05, 0.1) is 6.04 Å². The second kappa shape index (κ2) is 5.88. The van der Waals surface area contributed by atoms with Crippen molar-refractivity contribution in [3.05, 3.63) is 22.4 Å². The standard InChI is InChI=1S/C11H18N2OS/c1-8(5-6-12)11(14)13-9(2)10-4-3-7-15-10/h3-4,7-9H,5-6,12H2,1-2H3,(H,13,14)/t8?,9-/m1/s1. The van der Waals surface area contributed by atoms with Gasteiger partial charge in [-0.3, -0.25) is 4.79 Å². The van der Waals surface area contributed by atoms with E-state index < -0.39 is 0 Å². The van der Waals surface area contributed by atoms with E-state index in [1.807, 2.05) is 31.4 Å². The zero-order valence-corrected chi connectivity index (χ0v) is 10.0. The lowest BCUT2D eigenvalue weighted by molar-refractivity contribution is -0.125. The van der Waals surface area contributed by atoms with Gasteiger partial charge in [-0.2, -0.15) is 0 Å². The summed E-state index contributed by atoms with van der Waals surface area (Å²) in [5.41, 5.74) is 5.41. The van der Waals surface area contributed by atoms with E-state index >= 15 is 0 Å². The van der Waals surface area contributed by atoms with Crippen molar-refractivity contribution < 1.29 is 4.79 Å². The maximum atomic E-state index is 11.7. The molecule has 0 spiro atoms. The molecule has 1 rings (SSSR count). The predicted molar refractivity (Wildman–Crippen MR) is 63.7 cm³/mol. The molecule has 2 atom stereocenters. The zero-order chi connectivity index (χ0) is 11.3. The molecule has 0 aliphatic carbocycles. The molecule has 84 valence electrons. The summed E-state index contributed by atoms with van der Waals surface area (Å²) in [5.74, 6) is 0.0822. The lowest BCUT2D eigenvalue weighted by atomic mass is 10.1. The molecular weight excluding hydrogens is 208 g/mol. The molecule has 3 N–H and O–H groups in total. The summed E-state index contributed by atoms with van der Waals surface area (Å²) in [6.45, 7) is 4.46. The molecule has 1 aromatic rings. The Balaban J connectivity index is 2.44. The highest BCUT2D eigenvalue weighted by Crippen LogP contribution is 2.18. The Morgan fingerprint density at radius 1 is 1.60 bits per heavy atom. The largest absolute Gasteiger partial charge is 0.349 e. The SMILES string of the molecule is CC(CCN)C(=O)N[C@H](C)c1cccs1. The summed E-state index contributed by atoms with van der Waals surface area (Å²) in [7, 11) is 0. The maximum Gasteiger partial charge on any atom is 0.223 e. The summed E-state index contributed by atoms with van der Waals surface area (Å²) in [6.07, 6.45) is 0.739. The number of carbonyl (C=O) groups is 1. The summed E-state index contributed by atoms with van der Waals surface area (Å²) in [5, 5.41) is 5.00. The average molecular weight is 226 g/mol. The highest BCUT2D eigenvalue weighted by Gasteiger charge is 2.15. The normalized spacial score (nSPS) is 14.6. The fourth-order valence-electron chi connectivity index (χ4n) is 1.35. The van der Waals surface area contributed by atoms with E-state index in [1.54, 1.807) is 11.3 Å². The maximum absolute atomic E-state index is 11.7. The van der Waals surface area contributed by atoms with Crippen LogP contribution in [-0.2, 0) is 4.79 Å². The molecule has 0 bridgehead atoms. The molecule has 0 saturated heterocycles. The van der Waals surface area contributed by atoms with Crippen LogP contribution < -0.4 is 11.1 Å². The van der Waals surface area contributed by atoms with E-state index in [4.69, 9.17) is 5.73 Å². The first-order valence-electron chi connectivity index (χ1n) is 5.19. The summed E-state index contributed by atoms with van der Waals surface area (Å²) in [6, 6.07) is 4.12. The first-order valence-corrected chi connectivity index (χ1v) is 6.07. The molecule has 0 aromatic carbocycles. The predicted octanol–water partition coefficient (Wildman–Crippen LogP) is 1.91. The number of nitrogens with one attached hydrogen (secondary N) is 1. The van der Waals surface area contributed by atoms with Crippen LogP contribution in [0.5, 0.6) is 0 Å². The van der Waals surface area contributed by atoms with E-state index in [0.717, 1.165) is 6.42 Å². The number of amides is 1. The van der Waals surface area contributed by atoms with Crippen LogP contribution in [0, 0.1) is 5.92 Å². The Morgan fingerprint density at radius 3 is 2.87 bits per heavy atom. The van der Waals surface area contributed by atoms with Crippen molar-refractivity contribution in [3.8, 4) is 0 Å². The van der Waals surface area contributed by atoms with Gasteiger partial charge in [-0.15, -0.1) is 11.3 Å². The van der Waals surface area contributed by atoms with Gasteiger partial charge in [0.1, 0.15) is 0 Å².